The molecule has 1 rings (SSSR count). The van der Waals surface area contributed by atoms with Gasteiger partial charge in [-0.2, -0.15) is 11.8 Å². The summed E-state index contributed by atoms with van der Waals surface area (Å²) in [5.41, 5.74) is 0. The van der Waals surface area contributed by atoms with Crippen LogP contribution < -0.4 is 10.6 Å². The molecule has 4 nitrogen and oxygen atoms in total. The molecule has 21 heavy (non-hydrogen) atoms. The van der Waals surface area contributed by atoms with E-state index in [0.29, 0.717) is 6.04 Å². The Morgan fingerprint density at radius 2 is 2.00 bits per heavy atom. The molecule has 0 unspecified atom stereocenters. The highest BCUT2D eigenvalue weighted by atomic mass is 127. The van der Waals surface area contributed by atoms with E-state index in [1.54, 1.807) is 0 Å². The van der Waals surface area contributed by atoms with Gasteiger partial charge in [0.1, 0.15) is 0 Å². The summed E-state index contributed by atoms with van der Waals surface area (Å²) >= 11 is 1.92. The highest BCUT2D eigenvalue weighted by Gasteiger charge is 2.18. The zero-order valence-electron chi connectivity index (χ0n) is 13.9. The first-order valence-corrected chi connectivity index (χ1v) is 9.38. The maximum Gasteiger partial charge on any atom is 0.191 e. The molecule has 1 heterocycles. The fourth-order valence-electron chi connectivity index (χ4n) is 2.58. The van der Waals surface area contributed by atoms with E-state index in [-0.39, 0.29) is 24.0 Å². The van der Waals surface area contributed by atoms with Gasteiger partial charge in [0.2, 0.25) is 0 Å². The molecule has 0 radical (unpaired) electrons. The summed E-state index contributed by atoms with van der Waals surface area (Å²) in [6.45, 7) is 6.96. The van der Waals surface area contributed by atoms with Crippen molar-refractivity contribution in [2.24, 2.45) is 4.99 Å². The van der Waals surface area contributed by atoms with Gasteiger partial charge in [0.25, 0.3) is 0 Å². The molecule has 0 aliphatic carbocycles. The molecule has 0 spiro atoms. The number of nitrogens with one attached hydrogen (secondary N) is 2. The zero-order valence-corrected chi connectivity index (χ0v) is 17.0. The molecule has 1 saturated heterocycles. The predicted molar refractivity (Wildman–Crippen MR) is 107 cm³/mol. The van der Waals surface area contributed by atoms with Gasteiger partial charge in [-0.25, -0.2) is 0 Å². The molecule has 1 aliphatic heterocycles. The van der Waals surface area contributed by atoms with Crippen LogP contribution in [0.2, 0.25) is 0 Å². The van der Waals surface area contributed by atoms with Crippen LogP contribution in [0.5, 0.6) is 0 Å². The van der Waals surface area contributed by atoms with Gasteiger partial charge in [-0.05, 0) is 50.7 Å². The molecule has 1 aliphatic rings. The van der Waals surface area contributed by atoms with Crippen molar-refractivity contribution in [3.05, 3.63) is 0 Å². The lowest BCUT2D eigenvalue weighted by Gasteiger charge is -2.32. The number of aliphatic imine (C=N–C) groups is 1. The van der Waals surface area contributed by atoms with Crippen LogP contribution in [0.15, 0.2) is 4.99 Å². The Labute approximate surface area is 152 Å². The van der Waals surface area contributed by atoms with Crippen LogP contribution in [0.25, 0.3) is 0 Å². The van der Waals surface area contributed by atoms with Gasteiger partial charge in [0, 0.05) is 32.7 Å². The van der Waals surface area contributed by atoms with Gasteiger partial charge in [0.15, 0.2) is 5.96 Å². The molecular formula is C15H33IN4S. The summed E-state index contributed by atoms with van der Waals surface area (Å²) in [7, 11) is 1.86. The average Bonchev–Trinajstić information content (AvgIpc) is 2.48. The Balaban J connectivity index is 0.00000400. The third-order valence-electron chi connectivity index (χ3n) is 3.76. The van der Waals surface area contributed by atoms with Crippen LogP contribution in [-0.4, -0.2) is 62.1 Å². The van der Waals surface area contributed by atoms with Crippen molar-refractivity contribution in [1.29, 1.82) is 0 Å². The SMILES string of the molecule is CCCN1CCC(NC(=NC)NCCCCSC)CC1.I. The molecule has 0 aromatic carbocycles. The number of nitrogens with zero attached hydrogens (tertiary/aromatic N) is 2. The van der Waals surface area contributed by atoms with Crippen LogP contribution in [0.3, 0.4) is 0 Å². The first kappa shape index (κ1) is 21.3. The Kier molecular flexibility index (Phi) is 14.1. The topological polar surface area (TPSA) is 39.7 Å². The van der Waals surface area contributed by atoms with Gasteiger partial charge in [0.05, 0.1) is 0 Å². The maximum absolute atomic E-state index is 4.33. The minimum atomic E-state index is 0. The number of thioether (sulfide) groups is 1. The molecule has 6 heteroatoms. The second kappa shape index (κ2) is 13.9. The van der Waals surface area contributed by atoms with Crippen molar-refractivity contribution >= 4 is 41.7 Å². The molecule has 0 bridgehead atoms. The third kappa shape index (κ3) is 9.84. The van der Waals surface area contributed by atoms with Gasteiger partial charge >= 0.3 is 0 Å². The van der Waals surface area contributed by atoms with Crippen LogP contribution in [0.1, 0.15) is 39.0 Å². The van der Waals surface area contributed by atoms with Crippen molar-refractivity contribution in [3.8, 4) is 0 Å². The zero-order chi connectivity index (χ0) is 14.6. The van der Waals surface area contributed by atoms with Crippen LogP contribution >= 0.6 is 35.7 Å². The largest absolute Gasteiger partial charge is 0.356 e. The monoisotopic (exact) mass is 428 g/mol. The van der Waals surface area contributed by atoms with E-state index in [2.05, 4.69) is 33.7 Å². The summed E-state index contributed by atoms with van der Waals surface area (Å²) in [5, 5.41) is 6.99. The molecule has 0 aromatic rings. The summed E-state index contributed by atoms with van der Waals surface area (Å²) < 4.78 is 0. The lowest BCUT2D eigenvalue weighted by Crippen LogP contribution is -2.48. The fourth-order valence-corrected chi connectivity index (χ4v) is 3.08. The van der Waals surface area contributed by atoms with E-state index < -0.39 is 0 Å². The lowest BCUT2D eigenvalue weighted by atomic mass is 10.1. The quantitative estimate of drug-likeness (QED) is 0.270. The number of hydrogen-bond acceptors (Lipinski definition) is 3. The van der Waals surface area contributed by atoms with Crippen LogP contribution in [0, 0.1) is 0 Å². The van der Waals surface area contributed by atoms with Gasteiger partial charge in [-0.3, -0.25) is 4.99 Å². The number of piperidine rings is 1. The van der Waals surface area contributed by atoms with Crippen molar-refractivity contribution in [2.45, 2.75) is 45.1 Å². The number of halogens is 1. The standard InChI is InChI=1S/C15H32N4S.HI/c1-4-10-19-11-7-14(8-12-19)18-15(16-2)17-9-5-6-13-20-3;/h14H,4-13H2,1-3H3,(H2,16,17,18);1H. The molecular weight excluding hydrogens is 395 g/mol. The summed E-state index contributed by atoms with van der Waals surface area (Å²) in [6.07, 6.45) is 8.38. The normalized spacial score (nSPS) is 17.4. The lowest BCUT2D eigenvalue weighted by molar-refractivity contribution is 0.206. The third-order valence-corrected chi connectivity index (χ3v) is 4.46. The van der Waals surface area contributed by atoms with Crippen molar-refractivity contribution in [1.82, 2.24) is 15.5 Å². The van der Waals surface area contributed by atoms with Gasteiger partial charge in [-0.15, -0.1) is 24.0 Å². The predicted octanol–water partition coefficient (Wildman–Crippen LogP) is 2.79. The molecule has 0 amide bonds. The summed E-state index contributed by atoms with van der Waals surface area (Å²) in [4.78, 5) is 6.90. The number of unbranched alkanes of at least 4 members (excludes halogenated alkanes) is 1. The number of guanidine groups is 1. The van der Waals surface area contributed by atoms with E-state index >= 15 is 0 Å². The first-order chi connectivity index (χ1) is 9.80. The second-order valence-corrected chi connectivity index (χ2v) is 6.44. The van der Waals surface area contributed by atoms with Crippen molar-refractivity contribution in [3.63, 3.8) is 0 Å². The van der Waals surface area contributed by atoms with Gasteiger partial charge in [-0.1, -0.05) is 6.92 Å². The molecule has 2 N–H and O–H groups in total. The Morgan fingerprint density at radius 1 is 1.29 bits per heavy atom. The number of rotatable bonds is 8. The smallest absolute Gasteiger partial charge is 0.191 e. The van der Waals surface area contributed by atoms with E-state index in [1.165, 1.54) is 57.5 Å². The maximum atomic E-state index is 4.33. The second-order valence-electron chi connectivity index (χ2n) is 5.46. The fraction of sp³-hybridized carbons (Fsp3) is 0.933. The summed E-state index contributed by atoms with van der Waals surface area (Å²) in [6, 6.07) is 0.584. The molecule has 0 aromatic heterocycles. The number of likely N-dealkylation sites (tertiary alicyclic amines) is 1. The minimum absolute atomic E-state index is 0. The number of hydrogen-bond donors (Lipinski definition) is 2. The Morgan fingerprint density at radius 3 is 2.57 bits per heavy atom. The molecule has 0 atom stereocenters. The average molecular weight is 428 g/mol. The molecule has 1 fully saturated rings. The van der Waals surface area contributed by atoms with E-state index in [0.717, 1.165) is 12.5 Å². The van der Waals surface area contributed by atoms with E-state index in [4.69, 9.17) is 0 Å². The highest BCUT2D eigenvalue weighted by molar-refractivity contribution is 14.0. The van der Waals surface area contributed by atoms with E-state index in [9.17, 15) is 0 Å². The highest BCUT2D eigenvalue weighted by Crippen LogP contribution is 2.10. The van der Waals surface area contributed by atoms with E-state index in [1.807, 2.05) is 18.8 Å². The first-order valence-electron chi connectivity index (χ1n) is 7.98. The van der Waals surface area contributed by atoms with Gasteiger partial charge < -0.3 is 15.5 Å². The molecule has 0 saturated carbocycles. The minimum Gasteiger partial charge on any atom is -0.356 e. The van der Waals surface area contributed by atoms with Crippen LogP contribution in [-0.2, 0) is 0 Å². The van der Waals surface area contributed by atoms with Crippen LogP contribution in [0.4, 0.5) is 0 Å². The van der Waals surface area contributed by atoms with Crippen molar-refractivity contribution in [2.75, 3.05) is 45.2 Å². The molecule has 126 valence electrons. The Hall–Kier alpha value is 0.310. The van der Waals surface area contributed by atoms with Crippen molar-refractivity contribution < 1.29 is 0 Å². The summed E-state index contributed by atoms with van der Waals surface area (Å²) in [5.74, 6) is 2.23. The Bertz CT molecular complexity index is 268.